The molecule has 0 amide bonds. The van der Waals surface area contributed by atoms with Crippen molar-refractivity contribution >= 4 is 5.97 Å². The van der Waals surface area contributed by atoms with Crippen molar-refractivity contribution in [2.75, 3.05) is 20.2 Å². The van der Waals surface area contributed by atoms with Crippen LogP contribution in [0.5, 0.6) is 0 Å². The normalized spacial score (nSPS) is 28.3. The van der Waals surface area contributed by atoms with Crippen LogP contribution in [0.1, 0.15) is 48.5 Å². The summed E-state index contributed by atoms with van der Waals surface area (Å²) in [6.07, 6.45) is 4.14. The highest BCUT2D eigenvalue weighted by Crippen LogP contribution is 2.40. The molecule has 1 aromatic heterocycles. The van der Waals surface area contributed by atoms with Crippen LogP contribution in [0.3, 0.4) is 0 Å². The first kappa shape index (κ1) is 12.7. The molecular weight excluding hydrogens is 242 g/mol. The maximum Gasteiger partial charge on any atom is 0.373 e. The molecule has 4 heteroatoms. The van der Waals surface area contributed by atoms with Gasteiger partial charge in [-0.05, 0) is 43.7 Å². The fraction of sp³-hybridized carbons (Fsp3) is 0.667. The van der Waals surface area contributed by atoms with Crippen molar-refractivity contribution in [2.45, 2.75) is 32.2 Å². The van der Waals surface area contributed by atoms with Gasteiger partial charge < -0.3 is 9.15 Å². The third kappa shape index (κ3) is 2.29. The standard InChI is InChI=1S/C15H21NO3/c1-10(13-6-7-14(19-13)15(17)18-2)16-8-11-4-3-5-12(11)9-16/h6-7,10-12H,3-5,8-9H2,1-2H3. The van der Waals surface area contributed by atoms with E-state index in [1.54, 1.807) is 6.07 Å². The van der Waals surface area contributed by atoms with Crippen molar-refractivity contribution in [3.8, 4) is 0 Å². The second-order valence-corrected chi connectivity index (χ2v) is 5.77. The minimum atomic E-state index is -0.406. The Morgan fingerprint density at radius 1 is 1.37 bits per heavy atom. The summed E-state index contributed by atoms with van der Waals surface area (Å²) in [4.78, 5) is 13.9. The number of fused-ring (bicyclic) bond motifs is 1. The second kappa shape index (κ2) is 5.00. The molecule has 1 aliphatic carbocycles. The number of likely N-dealkylation sites (tertiary alicyclic amines) is 1. The van der Waals surface area contributed by atoms with Gasteiger partial charge in [-0.3, -0.25) is 4.90 Å². The fourth-order valence-electron chi connectivity index (χ4n) is 3.56. The Morgan fingerprint density at radius 3 is 2.68 bits per heavy atom. The highest BCUT2D eigenvalue weighted by molar-refractivity contribution is 5.86. The number of carbonyl (C=O) groups is 1. The first-order chi connectivity index (χ1) is 9.19. The summed E-state index contributed by atoms with van der Waals surface area (Å²) in [5, 5.41) is 0. The smallest absolute Gasteiger partial charge is 0.373 e. The van der Waals surface area contributed by atoms with Crippen LogP contribution in [0.25, 0.3) is 0 Å². The van der Waals surface area contributed by atoms with Gasteiger partial charge in [0.15, 0.2) is 0 Å². The number of ether oxygens (including phenoxy) is 1. The summed E-state index contributed by atoms with van der Waals surface area (Å²) in [6.45, 7) is 4.49. The van der Waals surface area contributed by atoms with E-state index in [2.05, 4.69) is 16.6 Å². The average Bonchev–Trinajstić information content (AvgIpc) is 3.10. The van der Waals surface area contributed by atoms with E-state index >= 15 is 0 Å². The van der Waals surface area contributed by atoms with Crippen molar-refractivity contribution < 1.29 is 13.9 Å². The Balaban J connectivity index is 1.69. The van der Waals surface area contributed by atoms with Gasteiger partial charge in [-0.1, -0.05) is 6.42 Å². The number of esters is 1. The van der Waals surface area contributed by atoms with Gasteiger partial charge >= 0.3 is 5.97 Å². The number of carbonyl (C=O) groups excluding carboxylic acids is 1. The van der Waals surface area contributed by atoms with Crippen LogP contribution in [0, 0.1) is 11.8 Å². The van der Waals surface area contributed by atoms with E-state index in [1.165, 1.54) is 39.5 Å². The minimum absolute atomic E-state index is 0.240. The molecule has 2 heterocycles. The summed E-state index contributed by atoms with van der Waals surface area (Å²) in [7, 11) is 1.37. The molecule has 19 heavy (non-hydrogen) atoms. The largest absolute Gasteiger partial charge is 0.463 e. The van der Waals surface area contributed by atoms with Gasteiger partial charge in [0, 0.05) is 13.1 Å². The van der Waals surface area contributed by atoms with Crippen molar-refractivity contribution in [1.29, 1.82) is 0 Å². The molecule has 1 aliphatic heterocycles. The fourth-order valence-corrected chi connectivity index (χ4v) is 3.56. The number of hydrogen-bond acceptors (Lipinski definition) is 4. The molecule has 3 unspecified atom stereocenters. The third-order valence-electron chi connectivity index (χ3n) is 4.73. The maximum absolute atomic E-state index is 11.4. The lowest BCUT2D eigenvalue weighted by molar-refractivity contribution is 0.0559. The first-order valence-electron chi connectivity index (χ1n) is 7.11. The van der Waals surface area contributed by atoms with Gasteiger partial charge in [-0.15, -0.1) is 0 Å². The Labute approximate surface area is 113 Å². The van der Waals surface area contributed by atoms with E-state index in [4.69, 9.17) is 4.42 Å². The van der Waals surface area contributed by atoms with E-state index in [9.17, 15) is 4.79 Å². The molecule has 2 aliphatic rings. The molecule has 3 rings (SSSR count). The molecule has 4 nitrogen and oxygen atoms in total. The highest BCUT2D eigenvalue weighted by Gasteiger charge is 2.38. The van der Waals surface area contributed by atoms with Crippen molar-refractivity contribution in [1.82, 2.24) is 4.90 Å². The van der Waals surface area contributed by atoms with Gasteiger partial charge in [0.05, 0.1) is 13.2 Å². The molecule has 0 spiro atoms. The number of furan rings is 1. The average molecular weight is 263 g/mol. The summed E-state index contributed by atoms with van der Waals surface area (Å²) in [5.41, 5.74) is 0. The molecular formula is C15H21NO3. The quantitative estimate of drug-likeness (QED) is 0.786. The number of hydrogen-bond donors (Lipinski definition) is 0. The van der Waals surface area contributed by atoms with Crippen LogP contribution in [-0.4, -0.2) is 31.1 Å². The number of rotatable bonds is 3. The van der Waals surface area contributed by atoms with Crippen molar-refractivity contribution in [3.63, 3.8) is 0 Å². The summed E-state index contributed by atoms with van der Waals surface area (Å²) in [6, 6.07) is 3.84. The molecule has 0 aromatic carbocycles. The second-order valence-electron chi connectivity index (χ2n) is 5.77. The molecule has 1 saturated carbocycles. The van der Waals surface area contributed by atoms with Gasteiger partial charge in [0.2, 0.25) is 5.76 Å². The molecule has 1 saturated heterocycles. The van der Waals surface area contributed by atoms with Crippen LogP contribution in [0.2, 0.25) is 0 Å². The molecule has 0 radical (unpaired) electrons. The van der Waals surface area contributed by atoms with E-state index in [1.807, 2.05) is 6.07 Å². The van der Waals surface area contributed by atoms with Crippen LogP contribution in [-0.2, 0) is 4.74 Å². The summed E-state index contributed by atoms with van der Waals surface area (Å²) in [5.74, 6) is 2.50. The summed E-state index contributed by atoms with van der Waals surface area (Å²) < 4.78 is 10.3. The number of nitrogens with zero attached hydrogens (tertiary/aromatic N) is 1. The maximum atomic E-state index is 11.4. The Kier molecular flexibility index (Phi) is 3.35. The van der Waals surface area contributed by atoms with Crippen molar-refractivity contribution in [2.24, 2.45) is 11.8 Å². The van der Waals surface area contributed by atoms with Crippen LogP contribution < -0.4 is 0 Å². The third-order valence-corrected chi connectivity index (χ3v) is 4.73. The van der Waals surface area contributed by atoms with Gasteiger partial charge in [0.1, 0.15) is 5.76 Å². The topological polar surface area (TPSA) is 42.7 Å². The summed E-state index contributed by atoms with van der Waals surface area (Å²) >= 11 is 0. The minimum Gasteiger partial charge on any atom is -0.463 e. The Morgan fingerprint density at radius 2 is 2.05 bits per heavy atom. The molecule has 0 bridgehead atoms. The van der Waals surface area contributed by atoms with E-state index in [0.717, 1.165) is 17.6 Å². The lowest BCUT2D eigenvalue weighted by atomic mass is 10.0. The molecule has 1 aromatic rings. The van der Waals surface area contributed by atoms with Gasteiger partial charge in [-0.2, -0.15) is 0 Å². The molecule has 0 N–H and O–H groups in total. The zero-order chi connectivity index (χ0) is 13.4. The Hall–Kier alpha value is -1.29. The van der Waals surface area contributed by atoms with E-state index in [0.29, 0.717) is 5.76 Å². The van der Waals surface area contributed by atoms with Crippen molar-refractivity contribution in [3.05, 3.63) is 23.7 Å². The molecule has 104 valence electrons. The first-order valence-corrected chi connectivity index (χ1v) is 7.11. The SMILES string of the molecule is COC(=O)c1ccc(C(C)N2CC3CCCC3C2)o1. The zero-order valence-corrected chi connectivity index (χ0v) is 11.6. The van der Waals surface area contributed by atoms with Gasteiger partial charge in [-0.25, -0.2) is 4.79 Å². The monoisotopic (exact) mass is 263 g/mol. The number of methoxy groups -OCH3 is 1. The zero-order valence-electron chi connectivity index (χ0n) is 11.6. The molecule has 2 fully saturated rings. The van der Waals surface area contributed by atoms with Crippen LogP contribution >= 0.6 is 0 Å². The predicted molar refractivity (Wildman–Crippen MR) is 70.9 cm³/mol. The lowest BCUT2D eigenvalue weighted by Crippen LogP contribution is -2.25. The van der Waals surface area contributed by atoms with Crippen LogP contribution in [0.4, 0.5) is 0 Å². The van der Waals surface area contributed by atoms with Crippen LogP contribution in [0.15, 0.2) is 16.5 Å². The molecule has 3 atom stereocenters. The van der Waals surface area contributed by atoms with Gasteiger partial charge in [0.25, 0.3) is 0 Å². The Bertz CT molecular complexity index is 456. The highest BCUT2D eigenvalue weighted by atomic mass is 16.5. The van der Waals surface area contributed by atoms with E-state index in [-0.39, 0.29) is 6.04 Å². The lowest BCUT2D eigenvalue weighted by Gasteiger charge is -2.23. The predicted octanol–water partition coefficient (Wildman–Crippen LogP) is 2.86. The van der Waals surface area contributed by atoms with E-state index < -0.39 is 5.97 Å².